The lowest BCUT2D eigenvalue weighted by Gasteiger charge is -2.23. The Hall–Kier alpha value is -2.58. The summed E-state index contributed by atoms with van der Waals surface area (Å²) >= 11 is 0. The number of hydrogen-bond donors (Lipinski definition) is 1. The fourth-order valence-corrected chi connectivity index (χ4v) is 1.74. The van der Waals surface area contributed by atoms with Crippen molar-refractivity contribution < 1.29 is 29.0 Å². The lowest BCUT2D eigenvalue weighted by molar-refractivity contribution is -0.308. The van der Waals surface area contributed by atoms with Crippen LogP contribution in [0, 0.1) is 0 Å². The van der Waals surface area contributed by atoms with Crippen LogP contribution < -0.4 is 10.4 Å². The van der Waals surface area contributed by atoms with Crippen LogP contribution in [0.2, 0.25) is 0 Å². The predicted octanol–water partition coefficient (Wildman–Crippen LogP) is 0.852. The normalized spacial score (nSPS) is 13.0. The van der Waals surface area contributed by atoms with Crippen molar-refractivity contribution in [1.82, 2.24) is 14.9 Å². The molecule has 1 aromatic rings. The first-order valence-electron chi connectivity index (χ1n) is 7.73. The highest BCUT2D eigenvalue weighted by molar-refractivity contribution is 5.79. The minimum atomic E-state index is -1.49. The number of carbonyl (C=O) groups is 3. The number of ether oxygens (including phenoxy) is 2. The number of aliphatic carboxylic acids is 1. The van der Waals surface area contributed by atoms with Gasteiger partial charge in [-0.05, 0) is 41.5 Å². The van der Waals surface area contributed by atoms with Gasteiger partial charge in [-0.25, -0.2) is 19.1 Å². The summed E-state index contributed by atoms with van der Waals surface area (Å²) in [5, 5.41) is 13.4. The van der Waals surface area contributed by atoms with E-state index < -0.39 is 35.4 Å². The van der Waals surface area contributed by atoms with Crippen LogP contribution in [-0.4, -0.2) is 45.0 Å². The molecule has 0 aromatic carbocycles. The lowest BCUT2D eigenvalue weighted by Crippen LogP contribution is -2.50. The number of imidazole rings is 1. The average Bonchev–Trinajstić information content (AvgIpc) is 2.82. The number of carboxylic acids is 1. The zero-order chi connectivity index (χ0) is 19.4. The highest BCUT2D eigenvalue weighted by Gasteiger charge is 2.22. The maximum Gasteiger partial charge on any atom is 0.419 e. The molecule has 0 spiro atoms. The standard InChI is InChI=1S/C16H25N3O6/c1-15(2,3)24-13(22)18-11(12(20)21)7-10-8-19(9-17-10)14(23)25-16(4,5)6/h8-9,11H,7H2,1-6H3,(H,18,22)(H,20,21)/p-1/t11-/m0/s1. The van der Waals surface area contributed by atoms with Crippen LogP contribution in [0.3, 0.4) is 0 Å². The Kier molecular flexibility index (Phi) is 6.17. The second-order valence-corrected chi connectivity index (χ2v) is 7.47. The van der Waals surface area contributed by atoms with Gasteiger partial charge in [0.05, 0.1) is 17.7 Å². The Morgan fingerprint density at radius 3 is 2.20 bits per heavy atom. The molecule has 1 aromatic heterocycles. The van der Waals surface area contributed by atoms with Crippen molar-refractivity contribution in [3.8, 4) is 0 Å². The zero-order valence-corrected chi connectivity index (χ0v) is 15.3. The van der Waals surface area contributed by atoms with E-state index in [1.165, 1.54) is 12.5 Å². The van der Waals surface area contributed by atoms with Crippen molar-refractivity contribution in [1.29, 1.82) is 0 Å². The van der Waals surface area contributed by atoms with Gasteiger partial charge in [-0.15, -0.1) is 0 Å². The van der Waals surface area contributed by atoms with Gasteiger partial charge in [-0.2, -0.15) is 0 Å². The third-order valence-corrected chi connectivity index (χ3v) is 2.63. The number of nitrogens with one attached hydrogen (secondary N) is 1. The molecule has 1 atom stereocenters. The highest BCUT2D eigenvalue weighted by Crippen LogP contribution is 2.10. The topological polar surface area (TPSA) is 123 Å². The van der Waals surface area contributed by atoms with Crippen LogP contribution in [-0.2, 0) is 20.7 Å². The molecule has 1 heterocycles. The van der Waals surface area contributed by atoms with Crippen LogP contribution in [0.25, 0.3) is 0 Å². The van der Waals surface area contributed by atoms with Crippen molar-refractivity contribution in [2.24, 2.45) is 0 Å². The molecule has 1 N–H and O–H groups in total. The van der Waals surface area contributed by atoms with E-state index in [4.69, 9.17) is 9.47 Å². The number of carbonyl (C=O) groups excluding carboxylic acids is 3. The number of nitrogens with zero attached hydrogens (tertiary/aromatic N) is 2. The number of hydrogen-bond acceptors (Lipinski definition) is 7. The van der Waals surface area contributed by atoms with Crippen molar-refractivity contribution in [2.75, 3.05) is 0 Å². The summed E-state index contributed by atoms with van der Waals surface area (Å²) < 4.78 is 11.3. The summed E-state index contributed by atoms with van der Waals surface area (Å²) in [6, 6.07) is -1.35. The Labute approximate surface area is 146 Å². The average molecular weight is 354 g/mol. The van der Waals surface area contributed by atoms with Crippen molar-refractivity contribution in [3.63, 3.8) is 0 Å². The zero-order valence-electron chi connectivity index (χ0n) is 15.3. The van der Waals surface area contributed by atoms with Gasteiger partial charge in [0.25, 0.3) is 0 Å². The monoisotopic (exact) mass is 354 g/mol. The van der Waals surface area contributed by atoms with Gasteiger partial charge in [-0.1, -0.05) is 0 Å². The number of aromatic nitrogens is 2. The summed E-state index contributed by atoms with van der Waals surface area (Å²) in [5.41, 5.74) is -1.16. The fraction of sp³-hybridized carbons (Fsp3) is 0.625. The Morgan fingerprint density at radius 1 is 1.16 bits per heavy atom. The third-order valence-electron chi connectivity index (χ3n) is 2.63. The molecular formula is C16H24N3O6-. The largest absolute Gasteiger partial charge is 0.548 e. The molecule has 0 saturated carbocycles. The lowest BCUT2D eigenvalue weighted by atomic mass is 10.1. The van der Waals surface area contributed by atoms with E-state index in [1.54, 1.807) is 41.5 Å². The molecule has 0 radical (unpaired) electrons. The number of carboxylic acid groups (broad SMARTS) is 1. The summed E-state index contributed by atoms with van der Waals surface area (Å²) in [6.07, 6.45) is 0.853. The fourth-order valence-electron chi connectivity index (χ4n) is 1.74. The van der Waals surface area contributed by atoms with Crippen molar-refractivity contribution >= 4 is 18.2 Å². The van der Waals surface area contributed by atoms with Crippen LogP contribution >= 0.6 is 0 Å². The van der Waals surface area contributed by atoms with Crippen LogP contribution in [0.4, 0.5) is 9.59 Å². The van der Waals surface area contributed by atoms with Crippen LogP contribution in [0.5, 0.6) is 0 Å². The molecule has 1 amide bonds. The Bertz CT molecular complexity index is 639. The summed E-state index contributed by atoms with van der Waals surface area (Å²) in [5.74, 6) is -1.49. The van der Waals surface area contributed by atoms with Gasteiger partial charge in [-0.3, -0.25) is 0 Å². The van der Waals surface area contributed by atoms with Crippen molar-refractivity contribution in [3.05, 3.63) is 18.2 Å². The number of rotatable bonds is 4. The second kappa shape index (κ2) is 7.54. The van der Waals surface area contributed by atoms with Gasteiger partial charge in [0.2, 0.25) is 0 Å². The van der Waals surface area contributed by atoms with E-state index in [0.29, 0.717) is 0 Å². The van der Waals surface area contributed by atoms with E-state index in [9.17, 15) is 19.5 Å². The minimum Gasteiger partial charge on any atom is -0.548 e. The second-order valence-electron chi connectivity index (χ2n) is 7.47. The van der Waals surface area contributed by atoms with Crippen LogP contribution in [0.1, 0.15) is 47.2 Å². The van der Waals surface area contributed by atoms with Gasteiger partial charge in [0.15, 0.2) is 0 Å². The smallest absolute Gasteiger partial charge is 0.419 e. The quantitative estimate of drug-likeness (QED) is 0.850. The molecule has 0 aliphatic carbocycles. The molecule has 1 rings (SSSR count). The third kappa shape index (κ3) is 7.69. The molecule has 0 bridgehead atoms. The Balaban J connectivity index is 2.76. The minimum absolute atomic E-state index is 0.169. The van der Waals surface area contributed by atoms with Gasteiger partial charge in [0.1, 0.15) is 17.5 Å². The highest BCUT2D eigenvalue weighted by atomic mass is 16.6. The van der Waals surface area contributed by atoms with Gasteiger partial charge >= 0.3 is 12.2 Å². The molecule has 9 heteroatoms. The van der Waals surface area contributed by atoms with Crippen LogP contribution in [0.15, 0.2) is 12.5 Å². The first kappa shape index (κ1) is 20.5. The van der Waals surface area contributed by atoms with E-state index in [0.717, 1.165) is 4.57 Å². The summed E-state index contributed by atoms with van der Waals surface area (Å²) in [4.78, 5) is 38.8. The molecule has 25 heavy (non-hydrogen) atoms. The molecule has 0 aliphatic heterocycles. The molecule has 0 unspecified atom stereocenters. The maximum absolute atomic E-state index is 11.9. The molecular weight excluding hydrogens is 330 g/mol. The molecule has 0 saturated heterocycles. The number of alkyl carbamates (subject to hydrolysis) is 1. The SMILES string of the molecule is CC(C)(C)OC(=O)N[C@@H](Cc1cn(C(=O)OC(C)(C)C)cn1)C(=O)[O-]. The first-order valence-corrected chi connectivity index (χ1v) is 7.73. The summed E-state index contributed by atoms with van der Waals surface area (Å²) in [7, 11) is 0. The van der Waals surface area contributed by atoms with Crippen molar-refractivity contribution in [2.45, 2.75) is 65.2 Å². The first-order chi connectivity index (χ1) is 11.3. The Morgan fingerprint density at radius 2 is 1.72 bits per heavy atom. The molecule has 0 fully saturated rings. The van der Waals surface area contributed by atoms with Gasteiger partial charge < -0.3 is 24.7 Å². The molecule has 0 aliphatic rings. The molecule has 9 nitrogen and oxygen atoms in total. The number of amides is 1. The van der Waals surface area contributed by atoms with Gasteiger partial charge in [0, 0.05) is 12.6 Å². The maximum atomic E-state index is 11.9. The van der Waals surface area contributed by atoms with E-state index >= 15 is 0 Å². The summed E-state index contributed by atoms with van der Waals surface area (Å²) in [6.45, 7) is 10.1. The molecule has 140 valence electrons. The van der Waals surface area contributed by atoms with E-state index in [1.807, 2.05) is 0 Å². The van der Waals surface area contributed by atoms with E-state index in [-0.39, 0.29) is 12.1 Å². The predicted molar refractivity (Wildman–Crippen MR) is 85.7 cm³/mol. The van der Waals surface area contributed by atoms with E-state index in [2.05, 4.69) is 10.3 Å².